The molecule has 1 fully saturated rings. The number of rotatable bonds is 3. The van der Waals surface area contributed by atoms with Crippen molar-refractivity contribution in [3.05, 3.63) is 17.0 Å². The van der Waals surface area contributed by atoms with Gasteiger partial charge in [0.1, 0.15) is 4.21 Å². The van der Waals surface area contributed by atoms with Crippen LogP contribution in [-0.2, 0) is 10.0 Å². The van der Waals surface area contributed by atoms with Gasteiger partial charge in [0, 0.05) is 23.3 Å². The number of piperidine rings is 1. The van der Waals surface area contributed by atoms with Crippen molar-refractivity contribution >= 4 is 37.3 Å². The average Bonchev–Trinajstić information content (AvgIpc) is 2.77. The highest BCUT2D eigenvalue weighted by atomic mass is 79.9. The molecule has 0 saturated carbocycles. The molecule has 96 valence electrons. The zero-order valence-electron chi connectivity index (χ0n) is 9.73. The lowest BCUT2D eigenvalue weighted by Crippen LogP contribution is -2.38. The molecule has 0 atom stereocenters. The number of hydrogen-bond acceptors (Lipinski definition) is 3. The van der Waals surface area contributed by atoms with Crippen LogP contribution in [0.3, 0.4) is 0 Å². The van der Waals surface area contributed by atoms with E-state index in [-0.39, 0.29) is 0 Å². The van der Waals surface area contributed by atoms with Crippen molar-refractivity contribution in [3.63, 3.8) is 0 Å². The van der Waals surface area contributed by atoms with Gasteiger partial charge in [-0.05, 0) is 37.8 Å². The first-order chi connectivity index (χ1) is 8.04. The largest absolute Gasteiger partial charge is 0.252 e. The van der Waals surface area contributed by atoms with E-state index >= 15 is 0 Å². The van der Waals surface area contributed by atoms with E-state index in [2.05, 4.69) is 15.9 Å². The zero-order valence-corrected chi connectivity index (χ0v) is 12.9. The van der Waals surface area contributed by atoms with Crippen LogP contribution in [0.4, 0.5) is 0 Å². The molecule has 2 rings (SSSR count). The van der Waals surface area contributed by atoms with Crippen LogP contribution in [0.1, 0.15) is 17.7 Å². The second kappa shape index (κ2) is 5.38. The van der Waals surface area contributed by atoms with Crippen molar-refractivity contribution < 1.29 is 8.42 Å². The normalized spacial score (nSPS) is 19.6. The maximum atomic E-state index is 12.3. The Hall–Kier alpha value is 0.0900. The van der Waals surface area contributed by atoms with Gasteiger partial charge in [0.25, 0.3) is 10.0 Å². The van der Waals surface area contributed by atoms with Gasteiger partial charge in [-0.25, -0.2) is 8.42 Å². The lowest BCUT2D eigenvalue weighted by atomic mass is 10.0. The average molecular weight is 338 g/mol. The van der Waals surface area contributed by atoms with Crippen LogP contribution in [0.2, 0.25) is 0 Å². The van der Waals surface area contributed by atoms with Gasteiger partial charge in [-0.2, -0.15) is 4.31 Å². The molecule has 0 spiro atoms. The number of sulfonamides is 1. The molecule has 0 unspecified atom stereocenters. The van der Waals surface area contributed by atoms with Gasteiger partial charge in [-0.3, -0.25) is 0 Å². The summed E-state index contributed by atoms with van der Waals surface area (Å²) in [4.78, 5) is 1.04. The lowest BCUT2D eigenvalue weighted by molar-refractivity contribution is 0.292. The second-order valence-electron chi connectivity index (χ2n) is 4.37. The predicted molar refractivity (Wildman–Crippen MR) is 74.3 cm³/mol. The second-order valence-corrected chi connectivity index (χ2v) is 8.47. The quantitative estimate of drug-likeness (QED) is 0.795. The molecule has 0 amide bonds. The fourth-order valence-corrected chi connectivity index (χ4v) is 5.54. The Bertz CT molecular complexity index is 475. The molecule has 1 saturated heterocycles. The Morgan fingerprint density at radius 2 is 2.06 bits per heavy atom. The van der Waals surface area contributed by atoms with Crippen LogP contribution in [0, 0.1) is 12.8 Å². The molecule has 1 aliphatic rings. The molecule has 0 aliphatic carbocycles. The topological polar surface area (TPSA) is 37.4 Å². The third kappa shape index (κ3) is 2.92. The van der Waals surface area contributed by atoms with E-state index < -0.39 is 10.0 Å². The predicted octanol–water partition coefficient (Wildman–Crippen LogP) is 2.85. The van der Waals surface area contributed by atoms with E-state index in [0.29, 0.717) is 23.2 Å². The molecule has 0 radical (unpaired) electrons. The van der Waals surface area contributed by atoms with Gasteiger partial charge in [0.2, 0.25) is 0 Å². The summed E-state index contributed by atoms with van der Waals surface area (Å²) < 4.78 is 26.7. The summed E-state index contributed by atoms with van der Waals surface area (Å²) in [6.07, 6.45) is 1.91. The molecule has 17 heavy (non-hydrogen) atoms. The number of halogens is 1. The minimum absolute atomic E-state index is 0.479. The van der Waals surface area contributed by atoms with Crippen LogP contribution >= 0.6 is 27.3 Å². The van der Waals surface area contributed by atoms with E-state index in [1.165, 1.54) is 11.3 Å². The van der Waals surface area contributed by atoms with E-state index in [1.54, 1.807) is 10.4 Å². The Balaban J connectivity index is 2.12. The fraction of sp³-hybridized carbons (Fsp3) is 0.636. The van der Waals surface area contributed by atoms with Crippen molar-refractivity contribution in [3.8, 4) is 0 Å². The maximum Gasteiger partial charge on any atom is 0.252 e. The Labute approximate surface area is 115 Å². The maximum absolute atomic E-state index is 12.3. The van der Waals surface area contributed by atoms with Crippen LogP contribution in [0.5, 0.6) is 0 Å². The van der Waals surface area contributed by atoms with E-state index in [9.17, 15) is 8.42 Å². The highest BCUT2D eigenvalue weighted by molar-refractivity contribution is 9.09. The molecule has 1 aliphatic heterocycles. The number of nitrogens with zero attached hydrogens (tertiary/aromatic N) is 1. The van der Waals surface area contributed by atoms with E-state index in [1.807, 2.05) is 13.0 Å². The third-order valence-electron chi connectivity index (χ3n) is 3.10. The van der Waals surface area contributed by atoms with Crippen molar-refractivity contribution in [2.45, 2.75) is 24.0 Å². The number of hydrogen-bond donors (Lipinski definition) is 0. The molecule has 0 N–H and O–H groups in total. The fourth-order valence-electron chi connectivity index (χ4n) is 1.98. The van der Waals surface area contributed by atoms with E-state index in [4.69, 9.17) is 0 Å². The highest BCUT2D eigenvalue weighted by Crippen LogP contribution is 2.28. The first-order valence-corrected chi connectivity index (χ1v) is 9.04. The van der Waals surface area contributed by atoms with Gasteiger partial charge < -0.3 is 0 Å². The number of aryl methyl sites for hydroxylation is 1. The molecule has 0 bridgehead atoms. The molecular weight excluding hydrogens is 322 g/mol. The van der Waals surface area contributed by atoms with Crippen LogP contribution in [0.15, 0.2) is 16.3 Å². The summed E-state index contributed by atoms with van der Waals surface area (Å²) >= 11 is 4.82. The number of thiophene rings is 1. The Morgan fingerprint density at radius 1 is 1.41 bits per heavy atom. The number of alkyl halides is 1. The van der Waals surface area contributed by atoms with E-state index in [0.717, 1.165) is 23.0 Å². The standard InChI is InChI=1S/C11H16BrNO2S2/c1-9-2-3-11(16-9)17(14,15)13-6-4-10(8-12)5-7-13/h2-3,10H,4-8H2,1H3. The summed E-state index contributed by atoms with van der Waals surface area (Å²) in [6.45, 7) is 3.23. The summed E-state index contributed by atoms with van der Waals surface area (Å²) in [5.41, 5.74) is 0. The minimum Gasteiger partial charge on any atom is -0.206 e. The first-order valence-electron chi connectivity index (χ1n) is 5.66. The molecule has 6 heteroatoms. The summed E-state index contributed by atoms with van der Waals surface area (Å²) in [5.74, 6) is 0.617. The third-order valence-corrected chi connectivity index (χ3v) is 7.38. The smallest absolute Gasteiger partial charge is 0.206 e. The van der Waals surface area contributed by atoms with Gasteiger partial charge in [0.05, 0.1) is 0 Å². The van der Waals surface area contributed by atoms with Crippen LogP contribution in [-0.4, -0.2) is 31.1 Å². The van der Waals surface area contributed by atoms with Gasteiger partial charge in [-0.15, -0.1) is 11.3 Å². The van der Waals surface area contributed by atoms with Crippen molar-refractivity contribution in [1.29, 1.82) is 0 Å². The van der Waals surface area contributed by atoms with Crippen LogP contribution < -0.4 is 0 Å². The molecular formula is C11H16BrNO2S2. The molecule has 0 aromatic carbocycles. The molecule has 1 aromatic rings. The zero-order chi connectivity index (χ0) is 12.5. The molecule has 2 heterocycles. The summed E-state index contributed by atoms with van der Waals surface area (Å²) in [5, 5.41) is 0.971. The Kier molecular flexibility index (Phi) is 4.28. The first kappa shape index (κ1) is 13.5. The van der Waals surface area contributed by atoms with Crippen molar-refractivity contribution in [1.82, 2.24) is 4.31 Å². The lowest BCUT2D eigenvalue weighted by Gasteiger charge is -2.29. The molecule has 1 aromatic heterocycles. The van der Waals surface area contributed by atoms with Crippen LogP contribution in [0.25, 0.3) is 0 Å². The summed E-state index contributed by atoms with van der Waals surface area (Å²) in [7, 11) is -3.24. The molecule has 3 nitrogen and oxygen atoms in total. The van der Waals surface area contributed by atoms with Gasteiger partial charge in [0.15, 0.2) is 0 Å². The van der Waals surface area contributed by atoms with Crippen molar-refractivity contribution in [2.24, 2.45) is 5.92 Å². The SMILES string of the molecule is Cc1ccc(S(=O)(=O)N2CCC(CBr)CC2)s1. The van der Waals surface area contributed by atoms with Gasteiger partial charge >= 0.3 is 0 Å². The van der Waals surface area contributed by atoms with Crippen molar-refractivity contribution in [2.75, 3.05) is 18.4 Å². The summed E-state index contributed by atoms with van der Waals surface area (Å²) in [6, 6.07) is 3.58. The minimum atomic E-state index is -3.24. The Morgan fingerprint density at radius 3 is 2.53 bits per heavy atom. The highest BCUT2D eigenvalue weighted by Gasteiger charge is 2.29. The monoisotopic (exact) mass is 337 g/mol. The van der Waals surface area contributed by atoms with Gasteiger partial charge in [-0.1, -0.05) is 15.9 Å².